The lowest BCUT2D eigenvalue weighted by Gasteiger charge is -2.14. The van der Waals surface area contributed by atoms with Crippen molar-refractivity contribution in [1.29, 1.82) is 0 Å². The zero-order valence-corrected chi connectivity index (χ0v) is 10.7. The van der Waals surface area contributed by atoms with Crippen LogP contribution >= 0.6 is 0 Å². The number of rotatable bonds is 6. The number of nitrogens with one attached hydrogen (secondary N) is 1. The summed E-state index contributed by atoms with van der Waals surface area (Å²) in [5, 5.41) is 15.9. The van der Waals surface area contributed by atoms with E-state index in [1.54, 1.807) is 11.0 Å². The molecule has 0 radical (unpaired) electrons. The molecule has 0 aliphatic heterocycles. The van der Waals surface area contributed by atoms with Gasteiger partial charge in [-0.1, -0.05) is 0 Å². The van der Waals surface area contributed by atoms with E-state index in [1.165, 1.54) is 6.33 Å². The smallest absolute Gasteiger partial charge is 0.303 e. The lowest BCUT2D eigenvalue weighted by molar-refractivity contribution is -0.137. The second-order valence-corrected chi connectivity index (χ2v) is 4.36. The molecule has 0 saturated carbocycles. The van der Waals surface area contributed by atoms with Gasteiger partial charge in [0.25, 0.3) is 0 Å². The highest BCUT2D eigenvalue weighted by atomic mass is 16.4. The number of aliphatic carboxylic acids is 1. The third-order valence-electron chi connectivity index (χ3n) is 2.75. The zero-order chi connectivity index (χ0) is 13.7. The molecule has 0 aliphatic rings. The number of carboxylic acid groups (broad SMARTS) is 1. The summed E-state index contributed by atoms with van der Waals surface area (Å²) in [5.41, 5.74) is 1.89. The normalized spacial score (nSPS) is 12.1. The fourth-order valence-corrected chi connectivity index (χ4v) is 1.75. The number of hydrogen-bond acceptors (Lipinski definition) is 4. The largest absolute Gasteiger partial charge is 0.481 e. The quantitative estimate of drug-likeness (QED) is 0.829. The average Bonchev–Trinajstić information content (AvgIpc) is 2.91. The first-order valence-corrected chi connectivity index (χ1v) is 6.08. The minimum atomic E-state index is -0.768. The van der Waals surface area contributed by atoms with Crippen molar-refractivity contribution in [2.24, 2.45) is 0 Å². The van der Waals surface area contributed by atoms with E-state index >= 15 is 0 Å². The third kappa shape index (κ3) is 3.80. The Morgan fingerprint density at radius 1 is 1.42 bits per heavy atom. The van der Waals surface area contributed by atoms with Gasteiger partial charge in [-0.15, -0.1) is 0 Å². The molecule has 1 atom stereocenters. The van der Waals surface area contributed by atoms with Crippen LogP contribution in [0.1, 0.15) is 19.8 Å². The van der Waals surface area contributed by atoms with Gasteiger partial charge in [0.1, 0.15) is 12.7 Å². The molecule has 2 rings (SSSR count). The van der Waals surface area contributed by atoms with Crippen LogP contribution in [0.15, 0.2) is 36.9 Å². The number of carboxylic acids is 1. The topological polar surface area (TPSA) is 80.0 Å². The van der Waals surface area contributed by atoms with E-state index in [0.29, 0.717) is 6.42 Å². The van der Waals surface area contributed by atoms with E-state index in [-0.39, 0.29) is 12.5 Å². The van der Waals surface area contributed by atoms with Crippen molar-refractivity contribution >= 4 is 11.7 Å². The van der Waals surface area contributed by atoms with Gasteiger partial charge < -0.3 is 10.4 Å². The average molecular weight is 260 g/mol. The summed E-state index contributed by atoms with van der Waals surface area (Å²) in [4.78, 5) is 14.4. The summed E-state index contributed by atoms with van der Waals surface area (Å²) in [5.74, 6) is -0.768. The first-order valence-electron chi connectivity index (χ1n) is 6.08. The Hall–Kier alpha value is -2.37. The molecular weight excluding hydrogens is 244 g/mol. The molecule has 1 aromatic carbocycles. The maximum absolute atomic E-state index is 10.5. The summed E-state index contributed by atoms with van der Waals surface area (Å²) in [7, 11) is 0. The Bertz CT molecular complexity index is 522. The van der Waals surface area contributed by atoms with Crippen molar-refractivity contribution < 1.29 is 9.90 Å². The van der Waals surface area contributed by atoms with Gasteiger partial charge in [-0.2, -0.15) is 5.10 Å². The fourth-order valence-electron chi connectivity index (χ4n) is 1.75. The second kappa shape index (κ2) is 5.99. The van der Waals surface area contributed by atoms with Crippen molar-refractivity contribution in [2.45, 2.75) is 25.8 Å². The summed E-state index contributed by atoms with van der Waals surface area (Å²) >= 11 is 0. The first kappa shape index (κ1) is 13.1. The SMILES string of the molecule is CC(CCC(=O)O)Nc1ccc(-n2cncn2)cc1. The first-order chi connectivity index (χ1) is 9.15. The minimum absolute atomic E-state index is 0.119. The van der Waals surface area contributed by atoms with E-state index in [0.717, 1.165) is 11.4 Å². The molecule has 1 unspecified atom stereocenters. The van der Waals surface area contributed by atoms with E-state index < -0.39 is 5.97 Å². The summed E-state index contributed by atoms with van der Waals surface area (Å²) in [6.45, 7) is 1.97. The van der Waals surface area contributed by atoms with Gasteiger partial charge in [0.05, 0.1) is 5.69 Å². The van der Waals surface area contributed by atoms with Crippen LogP contribution < -0.4 is 5.32 Å². The van der Waals surface area contributed by atoms with E-state index in [2.05, 4.69) is 15.4 Å². The second-order valence-electron chi connectivity index (χ2n) is 4.36. The van der Waals surface area contributed by atoms with Gasteiger partial charge in [-0.25, -0.2) is 9.67 Å². The summed E-state index contributed by atoms with van der Waals surface area (Å²) < 4.78 is 1.68. The van der Waals surface area contributed by atoms with Gasteiger partial charge in [0.2, 0.25) is 0 Å². The van der Waals surface area contributed by atoms with E-state index in [1.807, 2.05) is 31.2 Å². The van der Waals surface area contributed by atoms with Crippen LogP contribution in [-0.4, -0.2) is 31.9 Å². The van der Waals surface area contributed by atoms with Gasteiger partial charge in [0, 0.05) is 18.2 Å². The van der Waals surface area contributed by atoms with E-state index in [4.69, 9.17) is 5.11 Å². The number of anilines is 1. The highest BCUT2D eigenvalue weighted by molar-refractivity contribution is 5.66. The lowest BCUT2D eigenvalue weighted by Crippen LogP contribution is -2.16. The number of aromatic nitrogens is 3. The van der Waals surface area contributed by atoms with E-state index in [9.17, 15) is 4.79 Å². The predicted molar refractivity (Wildman–Crippen MR) is 71.3 cm³/mol. The molecule has 0 spiro atoms. The molecule has 2 N–H and O–H groups in total. The zero-order valence-electron chi connectivity index (χ0n) is 10.7. The van der Waals surface area contributed by atoms with Crippen LogP contribution in [0, 0.1) is 0 Å². The number of benzene rings is 1. The number of nitrogens with zero attached hydrogens (tertiary/aromatic N) is 3. The fraction of sp³-hybridized carbons (Fsp3) is 0.308. The Balaban J connectivity index is 1.93. The van der Waals surface area contributed by atoms with Crippen LogP contribution in [0.3, 0.4) is 0 Å². The van der Waals surface area contributed by atoms with Crippen molar-refractivity contribution in [3.63, 3.8) is 0 Å². The molecule has 6 nitrogen and oxygen atoms in total. The minimum Gasteiger partial charge on any atom is -0.481 e. The molecule has 6 heteroatoms. The van der Waals surface area contributed by atoms with Crippen LogP contribution in [0.2, 0.25) is 0 Å². The predicted octanol–water partition coefficient (Wildman–Crippen LogP) is 1.93. The molecular formula is C13H16N4O2. The van der Waals surface area contributed by atoms with Crippen molar-refractivity contribution in [2.75, 3.05) is 5.32 Å². The summed E-state index contributed by atoms with van der Waals surface area (Å²) in [6, 6.07) is 7.86. The maximum atomic E-state index is 10.5. The highest BCUT2D eigenvalue weighted by Gasteiger charge is 2.05. The molecule has 0 aliphatic carbocycles. The Morgan fingerprint density at radius 3 is 2.74 bits per heavy atom. The molecule has 1 heterocycles. The molecule has 0 saturated heterocycles. The van der Waals surface area contributed by atoms with Crippen LogP contribution in [0.4, 0.5) is 5.69 Å². The number of hydrogen-bond donors (Lipinski definition) is 2. The van der Waals surface area contributed by atoms with Crippen LogP contribution in [0.5, 0.6) is 0 Å². The van der Waals surface area contributed by atoms with Crippen LogP contribution in [-0.2, 0) is 4.79 Å². The van der Waals surface area contributed by atoms with Gasteiger partial charge in [-0.05, 0) is 37.6 Å². The van der Waals surface area contributed by atoms with Crippen molar-refractivity contribution in [3.8, 4) is 5.69 Å². The number of carbonyl (C=O) groups is 1. The molecule has 0 amide bonds. The standard InChI is InChI=1S/C13H16N4O2/c1-10(2-7-13(18)19)16-11-3-5-12(6-4-11)17-9-14-8-15-17/h3-6,8-10,16H,2,7H2,1H3,(H,18,19). The Kier molecular flexibility index (Phi) is 4.12. The monoisotopic (exact) mass is 260 g/mol. The molecule has 1 aromatic heterocycles. The Labute approximate surface area is 111 Å². The van der Waals surface area contributed by atoms with Crippen molar-refractivity contribution in [1.82, 2.24) is 14.8 Å². The lowest BCUT2D eigenvalue weighted by atomic mass is 10.1. The van der Waals surface area contributed by atoms with Crippen molar-refractivity contribution in [3.05, 3.63) is 36.9 Å². The molecule has 19 heavy (non-hydrogen) atoms. The van der Waals surface area contributed by atoms with Gasteiger partial charge >= 0.3 is 5.97 Å². The maximum Gasteiger partial charge on any atom is 0.303 e. The van der Waals surface area contributed by atoms with Crippen LogP contribution in [0.25, 0.3) is 5.69 Å². The molecule has 2 aromatic rings. The molecule has 0 fully saturated rings. The Morgan fingerprint density at radius 2 is 2.16 bits per heavy atom. The van der Waals surface area contributed by atoms with Gasteiger partial charge in [0.15, 0.2) is 0 Å². The molecule has 0 bridgehead atoms. The van der Waals surface area contributed by atoms with Gasteiger partial charge in [-0.3, -0.25) is 4.79 Å². The highest BCUT2D eigenvalue weighted by Crippen LogP contribution is 2.14. The molecule has 100 valence electrons. The summed E-state index contributed by atoms with van der Waals surface area (Å²) in [6.07, 6.45) is 3.89. The third-order valence-corrected chi connectivity index (χ3v) is 2.75.